The van der Waals surface area contributed by atoms with Crippen LogP contribution in [0.1, 0.15) is 39.0 Å². The van der Waals surface area contributed by atoms with Crippen LogP contribution in [0.3, 0.4) is 0 Å². The van der Waals surface area contributed by atoms with Crippen LogP contribution in [0.5, 0.6) is 0 Å². The Morgan fingerprint density at radius 2 is 2.17 bits per heavy atom. The SMILES string of the molecule is CCOC(=O)C[C@H]1C(=O)NCCN1C1CCCC1. The lowest BCUT2D eigenvalue weighted by atomic mass is 10.0. The van der Waals surface area contributed by atoms with E-state index in [-0.39, 0.29) is 24.3 Å². The third-order valence-electron chi connectivity index (χ3n) is 3.83. The Morgan fingerprint density at radius 1 is 1.44 bits per heavy atom. The van der Waals surface area contributed by atoms with Crippen molar-refractivity contribution >= 4 is 11.9 Å². The predicted molar refractivity (Wildman–Crippen MR) is 67.0 cm³/mol. The number of piperazine rings is 1. The summed E-state index contributed by atoms with van der Waals surface area (Å²) in [5, 5.41) is 2.84. The molecule has 0 radical (unpaired) electrons. The average Bonchev–Trinajstić information content (AvgIpc) is 2.85. The molecule has 0 unspecified atom stereocenters. The van der Waals surface area contributed by atoms with Gasteiger partial charge in [-0.15, -0.1) is 0 Å². The van der Waals surface area contributed by atoms with Crippen molar-refractivity contribution in [2.45, 2.75) is 51.1 Å². The van der Waals surface area contributed by atoms with Gasteiger partial charge in [0, 0.05) is 19.1 Å². The van der Waals surface area contributed by atoms with E-state index in [9.17, 15) is 9.59 Å². The molecule has 0 spiro atoms. The van der Waals surface area contributed by atoms with Gasteiger partial charge >= 0.3 is 5.97 Å². The van der Waals surface area contributed by atoms with E-state index >= 15 is 0 Å². The van der Waals surface area contributed by atoms with Crippen LogP contribution in [-0.4, -0.2) is 48.6 Å². The van der Waals surface area contributed by atoms with Crippen LogP contribution < -0.4 is 5.32 Å². The summed E-state index contributed by atoms with van der Waals surface area (Å²) in [4.78, 5) is 25.7. The lowest BCUT2D eigenvalue weighted by Crippen LogP contribution is -2.58. The van der Waals surface area contributed by atoms with Gasteiger partial charge < -0.3 is 10.1 Å². The molecule has 1 saturated carbocycles. The number of carbonyl (C=O) groups excluding carboxylic acids is 2. The fourth-order valence-electron chi connectivity index (χ4n) is 2.99. The van der Waals surface area contributed by atoms with Gasteiger partial charge in [0.05, 0.1) is 19.1 Å². The van der Waals surface area contributed by atoms with Gasteiger partial charge in [-0.25, -0.2) is 0 Å². The molecule has 1 atom stereocenters. The summed E-state index contributed by atoms with van der Waals surface area (Å²) < 4.78 is 4.96. The molecule has 5 heteroatoms. The lowest BCUT2D eigenvalue weighted by Gasteiger charge is -2.38. The highest BCUT2D eigenvalue weighted by Crippen LogP contribution is 2.26. The molecule has 1 saturated heterocycles. The normalized spacial score (nSPS) is 26.1. The van der Waals surface area contributed by atoms with Crippen LogP contribution in [0, 0.1) is 0 Å². The first-order valence-electron chi connectivity index (χ1n) is 6.91. The number of nitrogens with zero attached hydrogens (tertiary/aromatic N) is 1. The summed E-state index contributed by atoms with van der Waals surface area (Å²) >= 11 is 0. The largest absolute Gasteiger partial charge is 0.466 e. The molecule has 2 aliphatic rings. The van der Waals surface area contributed by atoms with Crippen molar-refractivity contribution in [3.63, 3.8) is 0 Å². The summed E-state index contributed by atoms with van der Waals surface area (Å²) in [7, 11) is 0. The summed E-state index contributed by atoms with van der Waals surface area (Å²) in [6, 6.07) is 0.136. The Labute approximate surface area is 108 Å². The number of nitrogens with one attached hydrogen (secondary N) is 1. The van der Waals surface area contributed by atoms with Crippen LogP contribution in [0.25, 0.3) is 0 Å². The number of carbonyl (C=O) groups is 2. The molecule has 0 bridgehead atoms. The molecule has 0 aromatic rings. The van der Waals surface area contributed by atoms with Gasteiger partial charge in [0.2, 0.25) is 5.91 Å². The van der Waals surface area contributed by atoms with E-state index in [1.807, 2.05) is 0 Å². The Morgan fingerprint density at radius 3 is 2.83 bits per heavy atom. The smallest absolute Gasteiger partial charge is 0.307 e. The Bertz CT molecular complexity index is 313. The van der Waals surface area contributed by atoms with Crippen LogP contribution >= 0.6 is 0 Å². The van der Waals surface area contributed by atoms with Crippen molar-refractivity contribution in [2.24, 2.45) is 0 Å². The number of esters is 1. The number of amides is 1. The molecule has 1 heterocycles. The van der Waals surface area contributed by atoms with Crippen molar-refractivity contribution in [1.29, 1.82) is 0 Å². The Kier molecular flexibility index (Phi) is 4.58. The molecule has 0 aromatic carbocycles. The molecule has 2 fully saturated rings. The lowest BCUT2D eigenvalue weighted by molar-refractivity contribution is -0.148. The third-order valence-corrected chi connectivity index (χ3v) is 3.83. The first kappa shape index (κ1) is 13.3. The fraction of sp³-hybridized carbons (Fsp3) is 0.846. The van der Waals surface area contributed by atoms with E-state index in [1.165, 1.54) is 12.8 Å². The second-order valence-electron chi connectivity index (χ2n) is 4.99. The highest BCUT2D eigenvalue weighted by Gasteiger charge is 2.36. The zero-order chi connectivity index (χ0) is 13.0. The maximum atomic E-state index is 11.9. The second-order valence-corrected chi connectivity index (χ2v) is 4.99. The minimum atomic E-state index is -0.333. The average molecular weight is 254 g/mol. The van der Waals surface area contributed by atoms with Gasteiger partial charge in [-0.1, -0.05) is 12.8 Å². The van der Waals surface area contributed by atoms with Gasteiger partial charge in [-0.05, 0) is 19.8 Å². The highest BCUT2D eigenvalue weighted by atomic mass is 16.5. The number of hydrogen-bond acceptors (Lipinski definition) is 4. The predicted octanol–water partition coefficient (Wildman–Crippen LogP) is 0.683. The molecular weight excluding hydrogens is 232 g/mol. The van der Waals surface area contributed by atoms with E-state index < -0.39 is 0 Å². The van der Waals surface area contributed by atoms with Crippen molar-refractivity contribution in [2.75, 3.05) is 19.7 Å². The molecule has 1 N–H and O–H groups in total. The van der Waals surface area contributed by atoms with Gasteiger partial charge in [-0.2, -0.15) is 0 Å². The number of hydrogen-bond donors (Lipinski definition) is 1. The monoisotopic (exact) mass is 254 g/mol. The van der Waals surface area contributed by atoms with Crippen LogP contribution in [0.2, 0.25) is 0 Å². The molecule has 1 amide bonds. The highest BCUT2D eigenvalue weighted by molar-refractivity contribution is 5.87. The van der Waals surface area contributed by atoms with Crippen molar-refractivity contribution in [3.05, 3.63) is 0 Å². The van der Waals surface area contributed by atoms with Crippen LogP contribution in [0.4, 0.5) is 0 Å². The van der Waals surface area contributed by atoms with E-state index in [4.69, 9.17) is 4.74 Å². The Balaban J connectivity index is 2.00. The zero-order valence-electron chi connectivity index (χ0n) is 11.0. The van der Waals surface area contributed by atoms with Crippen molar-refractivity contribution in [1.82, 2.24) is 10.2 Å². The zero-order valence-corrected chi connectivity index (χ0v) is 11.0. The van der Waals surface area contributed by atoms with E-state index in [2.05, 4.69) is 10.2 Å². The summed E-state index contributed by atoms with van der Waals surface area (Å²) in [6.07, 6.45) is 4.93. The summed E-state index contributed by atoms with van der Waals surface area (Å²) in [6.45, 7) is 3.69. The van der Waals surface area contributed by atoms with Gasteiger partial charge in [0.1, 0.15) is 0 Å². The van der Waals surface area contributed by atoms with Crippen molar-refractivity contribution in [3.8, 4) is 0 Å². The van der Waals surface area contributed by atoms with Gasteiger partial charge in [0.15, 0.2) is 0 Å². The fourth-order valence-corrected chi connectivity index (χ4v) is 2.99. The van der Waals surface area contributed by atoms with Gasteiger partial charge in [0.25, 0.3) is 0 Å². The second kappa shape index (κ2) is 6.18. The molecule has 18 heavy (non-hydrogen) atoms. The van der Waals surface area contributed by atoms with Crippen LogP contribution in [-0.2, 0) is 14.3 Å². The van der Waals surface area contributed by atoms with Crippen LogP contribution in [0.15, 0.2) is 0 Å². The van der Waals surface area contributed by atoms with E-state index in [1.54, 1.807) is 6.92 Å². The molecule has 2 rings (SSSR count). The summed E-state index contributed by atoms with van der Waals surface area (Å²) in [5.74, 6) is -0.302. The maximum absolute atomic E-state index is 11.9. The number of rotatable bonds is 4. The minimum absolute atomic E-state index is 0.0267. The molecule has 5 nitrogen and oxygen atoms in total. The first-order chi connectivity index (χ1) is 8.72. The van der Waals surface area contributed by atoms with E-state index in [0.717, 1.165) is 19.4 Å². The quantitative estimate of drug-likeness (QED) is 0.750. The maximum Gasteiger partial charge on any atom is 0.307 e. The van der Waals surface area contributed by atoms with Gasteiger partial charge in [-0.3, -0.25) is 14.5 Å². The Hall–Kier alpha value is -1.10. The van der Waals surface area contributed by atoms with Crippen molar-refractivity contribution < 1.29 is 14.3 Å². The molecule has 1 aliphatic carbocycles. The molecule has 102 valence electrons. The number of ether oxygens (including phenoxy) is 1. The van der Waals surface area contributed by atoms with E-state index in [0.29, 0.717) is 19.2 Å². The minimum Gasteiger partial charge on any atom is -0.466 e. The third kappa shape index (κ3) is 3.02. The molecular formula is C13H22N2O3. The molecule has 0 aromatic heterocycles. The topological polar surface area (TPSA) is 58.6 Å². The first-order valence-corrected chi connectivity index (χ1v) is 6.91. The summed E-state index contributed by atoms with van der Waals surface area (Å²) in [5.41, 5.74) is 0. The molecule has 1 aliphatic heterocycles. The standard InChI is InChI=1S/C13H22N2O3/c1-2-18-12(16)9-11-13(17)14-7-8-15(11)10-5-3-4-6-10/h10-11H,2-9H2,1H3,(H,14,17)/t11-/m0/s1.